The van der Waals surface area contributed by atoms with Gasteiger partial charge in [-0.05, 0) is 73.3 Å². The van der Waals surface area contributed by atoms with Crippen molar-refractivity contribution in [2.75, 3.05) is 20.6 Å². The SMILES string of the molecule is CN(C)CCC=C1c2cccc(Cl)c2CCc2c(Cl)cccc21. The number of rotatable bonds is 3. The molecule has 0 unspecified atom stereocenters. The number of hydrogen-bond donors (Lipinski definition) is 0. The molecule has 3 heteroatoms. The summed E-state index contributed by atoms with van der Waals surface area (Å²) in [6, 6.07) is 12.4. The van der Waals surface area contributed by atoms with E-state index in [1.165, 1.54) is 27.8 Å². The minimum atomic E-state index is 0.852. The second kappa shape index (κ2) is 7.09. The lowest BCUT2D eigenvalue weighted by Gasteiger charge is -2.14. The molecule has 3 rings (SSSR count). The molecule has 1 aliphatic carbocycles. The lowest BCUT2D eigenvalue weighted by Crippen LogP contribution is -2.12. The molecular weight excluding hydrogens is 325 g/mol. The number of fused-ring (bicyclic) bond motifs is 2. The molecule has 2 aromatic rings. The van der Waals surface area contributed by atoms with Crippen LogP contribution in [-0.2, 0) is 12.8 Å². The van der Waals surface area contributed by atoms with Gasteiger partial charge in [-0.2, -0.15) is 0 Å². The fraction of sp³-hybridized carbons (Fsp3) is 0.300. The first-order valence-corrected chi connectivity index (χ1v) is 8.74. The summed E-state index contributed by atoms with van der Waals surface area (Å²) in [7, 11) is 4.20. The molecule has 23 heavy (non-hydrogen) atoms. The Bertz CT molecular complexity index is 692. The van der Waals surface area contributed by atoms with Crippen molar-refractivity contribution >= 4 is 28.8 Å². The molecule has 0 saturated heterocycles. The van der Waals surface area contributed by atoms with E-state index in [-0.39, 0.29) is 0 Å². The van der Waals surface area contributed by atoms with Crippen molar-refractivity contribution in [3.63, 3.8) is 0 Å². The summed E-state index contributed by atoms with van der Waals surface area (Å²) >= 11 is 13.0. The molecule has 120 valence electrons. The Morgan fingerprint density at radius 2 is 1.43 bits per heavy atom. The van der Waals surface area contributed by atoms with Crippen molar-refractivity contribution in [3.8, 4) is 0 Å². The number of benzene rings is 2. The van der Waals surface area contributed by atoms with Gasteiger partial charge in [-0.15, -0.1) is 0 Å². The molecular formula is C20H21Cl2N. The molecule has 0 atom stereocenters. The Labute approximate surface area is 148 Å². The van der Waals surface area contributed by atoms with Gasteiger partial charge in [0.05, 0.1) is 0 Å². The second-order valence-corrected chi connectivity index (χ2v) is 7.06. The minimum absolute atomic E-state index is 0.852. The molecule has 0 spiro atoms. The molecule has 0 bridgehead atoms. The molecule has 0 fully saturated rings. The third-order valence-corrected chi connectivity index (χ3v) is 5.08. The molecule has 0 aromatic heterocycles. The van der Waals surface area contributed by atoms with Crippen LogP contribution >= 0.6 is 23.2 Å². The summed E-state index contributed by atoms with van der Waals surface area (Å²) in [5.41, 5.74) is 6.23. The number of nitrogens with zero attached hydrogens (tertiary/aromatic N) is 1. The topological polar surface area (TPSA) is 3.24 Å². The highest BCUT2D eigenvalue weighted by Gasteiger charge is 2.21. The quantitative estimate of drug-likeness (QED) is 0.712. The van der Waals surface area contributed by atoms with Crippen LogP contribution in [0.2, 0.25) is 10.0 Å². The Morgan fingerprint density at radius 1 is 0.913 bits per heavy atom. The number of halogens is 2. The van der Waals surface area contributed by atoms with Gasteiger partial charge in [0.25, 0.3) is 0 Å². The van der Waals surface area contributed by atoms with E-state index in [2.05, 4.69) is 37.2 Å². The van der Waals surface area contributed by atoms with Crippen LogP contribution in [0.15, 0.2) is 42.5 Å². The highest BCUT2D eigenvalue weighted by molar-refractivity contribution is 6.32. The van der Waals surface area contributed by atoms with Gasteiger partial charge in [0, 0.05) is 16.6 Å². The lowest BCUT2D eigenvalue weighted by molar-refractivity contribution is 0.417. The first-order valence-electron chi connectivity index (χ1n) is 7.98. The average molecular weight is 346 g/mol. The van der Waals surface area contributed by atoms with E-state index in [1.807, 2.05) is 24.3 Å². The van der Waals surface area contributed by atoms with Crippen LogP contribution in [-0.4, -0.2) is 25.5 Å². The molecule has 2 aromatic carbocycles. The van der Waals surface area contributed by atoms with Crippen LogP contribution in [0.3, 0.4) is 0 Å². The molecule has 1 aliphatic rings. The lowest BCUT2D eigenvalue weighted by atomic mass is 9.93. The van der Waals surface area contributed by atoms with Gasteiger partial charge in [-0.25, -0.2) is 0 Å². The van der Waals surface area contributed by atoms with Gasteiger partial charge < -0.3 is 4.90 Å². The molecule has 1 nitrogen and oxygen atoms in total. The van der Waals surface area contributed by atoms with Crippen LogP contribution in [0.1, 0.15) is 28.7 Å². The molecule has 0 radical (unpaired) electrons. The number of hydrogen-bond acceptors (Lipinski definition) is 1. The minimum Gasteiger partial charge on any atom is -0.309 e. The largest absolute Gasteiger partial charge is 0.309 e. The third-order valence-electron chi connectivity index (χ3n) is 4.37. The van der Waals surface area contributed by atoms with Gasteiger partial charge in [-0.3, -0.25) is 0 Å². The summed E-state index contributed by atoms with van der Waals surface area (Å²) in [5.74, 6) is 0. The van der Waals surface area contributed by atoms with Crippen molar-refractivity contribution in [1.29, 1.82) is 0 Å². The summed E-state index contributed by atoms with van der Waals surface area (Å²) in [6.07, 6.45) is 5.18. The summed E-state index contributed by atoms with van der Waals surface area (Å²) in [6.45, 7) is 1.02. The van der Waals surface area contributed by atoms with E-state index in [4.69, 9.17) is 23.2 Å². The Hall–Kier alpha value is -1.28. The van der Waals surface area contributed by atoms with Gasteiger partial charge in [0.2, 0.25) is 0 Å². The Morgan fingerprint density at radius 3 is 1.91 bits per heavy atom. The summed E-state index contributed by atoms with van der Waals surface area (Å²) in [4.78, 5) is 2.20. The van der Waals surface area contributed by atoms with Crippen LogP contribution in [0, 0.1) is 0 Å². The van der Waals surface area contributed by atoms with Crippen molar-refractivity contribution in [2.45, 2.75) is 19.3 Å². The fourth-order valence-corrected chi connectivity index (χ4v) is 3.75. The van der Waals surface area contributed by atoms with Crippen LogP contribution in [0.4, 0.5) is 0 Å². The van der Waals surface area contributed by atoms with E-state index in [9.17, 15) is 0 Å². The monoisotopic (exact) mass is 345 g/mol. The van der Waals surface area contributed by atoms with E-state index in [0.717, 1.165) is 35.9 Å². The zero-order valence-electron chi connectivity index (χ0n) is 13.6. The fourth-order valence-electron chi connectivity index (χ4n) is 3.21. The van der Waals surface area contributed by atoms with E-state index < -0.39 is 0 Å². The maximum atomic E-state index is 6.48. The maximum Gasteiger partial charge on any atom is 0.0444 e. The third kappa shape index (κ3) is 3.47. The molecule has 0 N–H and O–H groups in total. The predicted molar refractivity (Wildman–Crippen MR) is 101 cm³/mol. The van der Waals surface area contributed by atoms with E-state index in [0.29, 0.717) is 0 Å². The van der Waals surface area contributed by atoms with Crippen molar-refractivity contribution in [3.05, 3.63) is 74.8 Å². The maximum absolute atomic E-state index is 6.48. The second-order valence-electron chi connectivity index (χ2n) is 6.24. The summed E-state index contributed by atoms with van der Waals surface area (Å²) < 4.78 is 0. The molecule has 0 heterocycles. The van der Waals surface area contributed by atoms with Crippen LogP contribution in [0.5, 0.6) is 0 Å². The van der Waals surface area contributed by atoms with Crippen molar-refractivity contribution in [1.82, 2.24) is 4.90 Å². The molecule has 0 saturated carbocycles. The van der Waals surface area contributed by atoms with Gasteiger partial charge in [0.1, 0.15) is 0 Å². The van der Waals surface area contributed by atoms with Crippen LogP contribution < -0.4 is 0 Å². The zero-order valence-corrected chi connectivity index (χ0v) is 15.1. The van der Waals surface area contributed by atoms with Crippen LogP contribution in [0.25, 0.3) is 5.57 Å². The van der Waals surface area contributed by atoms with Gasteiger partial charge in [0.15, 0.2) is 0 Å². The first-order chi connectivity index (χ1) is 11.1. The molecule has 0 aliphatic heterocycles. The van der Waals surface area contributed by atoms with Gasteiger partial charge >= 0.3 is 0 Å². The summed E-state index contributed by atoms with van der Waals surface area (Å²) in [5, 5.41) is 1.70. The van der Waals surface area contributed by atoms with Crippen molar-refractivity contribution in [2.24, 2.45) is 0 Å². The van der Waals surface area contributed by atoms with Crippen molar-refractivity contribution < 1.29 is 0 Å². The normalized spacial score (nSPS) is 13.5. The van der Waals surface area contributed by atoms with Gasteiger partial charge in [-0.1, -0.05) is 53.5 Å². The predicted octanol–water partition coefficient (Wildman–Crippen LogP) is 5.48. The molecule has 0 amide bonds. The average Bonchev–Trinajstić information content (AvgIpc) is 2.67. The smallest absolute Gasteiger partial charge is 0.0444 e. The zero-order chi connectivity index (χ0) is 16.4. The Kier molecular flexibility index (Phi) is 5.11. The van der Waals surface area contributed by atoms with E-state index in [1.54, 1.807) is 0 Å². The van der Waals surface area contributed by atoms with E-state index >= 15 is 0 Å². The standard InChI is InChI=1S/C20H21Cl2N/c1-23(2)13-5-8-14-15-6-3-9-19(21)17(15)11-12-18-16(14)7-4-10-20(18)22/h3-4,6-10H,5,11-13H2,1-2H3. The highest BCUT2D eigenvalue weighted by atomic mass is 35.5. The first kappa shape index (κ1) is 16.6. The highest BCUT2D eigenvalue weighted by Crippen LogP contribution is 2.38. The Balaban J connectivity index is 2.15.